The summed E-state index contributed by atoms with van der Waals surface area (Å²) in [4.78, 5) is 19.7. The van der Waals surface area contributed by atoms with Gasteiger partial charge >= 0.3 is 12.1 Å². The maximum absolute atomic E-state index is 9.86. The van der Waals surface area contributed by atoms with E-state index in [-0.39, 0.29) is 5.75 Å². The molecule has 10 heavy (non-hydrogen) atoms. The molecule has 0 bridgehead atoms. The minimum atomic E-state index is -0.967. The second kappa shape index (κ2) is 5.24. The molecule has 0 spiro atoms. The molecule has 0 aromatic heterocycles. The number of primary amides is 1. The van der Waals surface area contributed by atoms with Crippen LogP contribution in [0.5, 0.6) is 0 Å². The summed E-state index contributed by atoms with van der Waals surface area (Å²) in [6, 6.07) is 0. The van der Waals surface area contributed by atoms with Crippen LogP contribution >= 0.6 is 21.9 Å². The summed E-state index contributed by atoms with van der Waals surface area (Å²) in [5.74, 6) is -1.09. The number of hydrogen-bond donors (Lipinski definition) is 2. The molecular weight excluding hydrogens is 178 g/mol. The lowest BCUT2D eigenvalue weighted by molar-refractivity contribution is -0.133. The Bertz CT molecular complexity index is 122. The van der Waals surface area contributed by atoms with Crippen LogP contribution < -0.4 is 5.73 Å². The first-order valence-corrected chi connectivity index (χ1v) is 4.34. The van der Waals surface area contributed by atoms with E-state index in [9.17, 15) is 9.59 Å². The average molecular weight is 183 g/mol. The van der Waals surface area contributed by atoms with Gasteiger partial charge in [-0.25, -0.2) is 4.79 Å². The lowest BCUT2D eigenvalue weighted by Gasteiger charge is -1.93. The molecule has 0 aliphatic carbocycles. The highest BCUT2D eigenvalue weighted by molar-refractivity contribution is 8.75. The van der Waals surface area contributed by atoms with Crippen LogP contribution in [0.15, 0.2) is 0 Å². The van der Waals surface area contributed by atoms with E-state index in [1.165, 1.54) is 0 Å². The van der Waals surface area contributed by atoms with Crippen molar-refractivity contribution in [2.75, 3.05) is 5.75 Å². The zero-order valence-electron chi connectivity index (χ0n) is 4.77. The van der Waals surface area contributed by atoms with E-state index in [0.29, 0.717) is 11.1 Å². The Balaban J connectivity index is 3.06. The van der Waals surface area contributed by atoms with E-state index in [1.807, 2.05) is 0 Å². The standard InChI is InChI=1S/C3H5NO4S2/c4-3(7)8-10-9-1-2(5)6/h1H2,(H2,4,7)(H,5,6). The second-order valence-corrected chi connectivity index (χ2v) is 3.07. The molecule has 5 nitrogen and oxygen atoms in total. The minimum absolute atomic E-state index is 0.127. The first-order chi connectivity index (χ1) is 4.63. The number of aliphatic carboxylic acids is 1. The first-order valence-electron chi connectivity index (χ1n) is 2.10. The fourth-order valence-corrected chi connectivity index (χ4v) is 1.19. The highest BCUT2D eigenvalue weighted by atomic mass is 33.1. The summed E-state index contributed by atoms with van der Waals surface area (Å²) in [7, 11) is 0.884. The van der Waals surface area contributed by atoms with Gasteiger partial charge in [-0.3, -0.25) is 4.79 Å². The zero-order valence-corrected chi connectivity index (χ0v) is 6.41. The molecule has 1 amide bonds. The maximum Gasteiger partial charge on any atom is 0.417 e. The van der Waals surface area contributed by atoms with Gasteiger partial charge in [-0.2, -0.15) is 0 Å². The van der Waals surface area contributed by atoms with Crippen molar-refractivity contribution in [3.8, 4) is 0 Å². The Morgan fingerprint density at radius 1 is 1.60 bits per heavy atom. The molecule has 58 valence electrons. The summed E-state index contributed by atoms with van der Waals surface area (Å²) in [6.07, 6.45) is -0.928. The lowest BCUT2D eigenvalue weighted by Crippen LogP contribution is -2.07. The minimum Gasteiger partial charge on any atom is -0.481 e. The van der Waals surface area contributed by atoms with Crippen molar-refractivity contribution in [1.82, 2.24) is 0 Å². The molecule has 0 radical (unpaired) electrons. The van der Waals surface area contributed by atoms with Gasteiger partial charge in [0, 0.05) is 0 Å². The highest BCUT2D eigenvalue weighted by Gasteiger charge is 1.99. The van der Waals surface area contributed by atoms with Gasteiger partial charge in [0.1, 0.15) is 16.8 Å². The van der Waals surface area contributed by atoms with Gasteiger partial charge in [0.2, 0.25) is 0 Å². The molecule has 0 heterocycles. The molecule has 0 aromatic rings. The molecule has 0 aliphatic heterocycles. The van der Waals surface area contributed by atoms with Crippen LogP contribution in [-0.2, 0) is 8.98 Å². The summed E-state index contributed by atoms with van der Waals surface area (Å²) in [5.41, 5.74) is 4.57. The Morgan fingerprint density at radius 3 is 2.60 bits per heavy atom. The number of carbonyl (C=O) groups is 2. The lowest BCUT2D eigenvalue weighted by atomic mass is 10.8. The predicted octanol–water partition coefficient (Wildman–Crippen LogP) is 0.463. The maximum atomic E-state index is 9.86. The van der Waals surface area contributed by atoms with Crippen molar-refractivity contribution < 1.29 is 18.9 Å². The third kappa shape index (κ3) is 7.44. The highest BCUT2D eigenvalue weighted by Crippen LogP contribution is 2.21. The van der Waals surface area contributed by atoms with Crippen LogP contribution in [0, 0.1) is 0 Å². The van der Waals surface area contributed by atoms with Gasteiger partial charge in [-0.15, -0.1) is 0 Å². The van der Waals surface area contributed by atoms with Gasteiger partial charge in [0.05, 0.1) is 0 Å². The van der Waals surface area contributed by atoms with E-state index < -0.39 is 12.1 Å². The first kappa shape index (κ1) is 9.44. The SMILES string of the molecule is NC(=O)OSSCC(=O)O. The normalized spacial score (nSPS) is 8.80. The molecular formula is C3H5NO4S2. The molecule has 0 rings (SSSR count). The average Bonchev–Trinajstić information content (AvgIpc) is 1.79. The molecule has 0 unspecified atom stereocenters. The molecule has 0 saturated heterocycles. The third-order valence-corrected chi connectivity index (χ3v) is 1.89. The molecule has 7 heteroatoms. The number of hydrogen-bond acceptors (Lipinski definition) is 5. The Morgan fingerprint density at radius 2 is 2.20 bits per heavy atom. The van der Waals surface area contributed by atoms with Crippen molar-refractivity contribution in [3.63, 3.8) is 0 Å². The monoisotopic (exact) mass is 183 g/mol. The Hall–Kier alpha value is -0.560. The molecule has 0 aliphatic rings. The largest absolute Gasteiger partial charge is 0.481 e. The van der Waals surface area contributed by atoms with Gasteiger partial charge in [0.15, 0.2) is 0 Å². The van der Waals surface area contributed by atoms with Crippen molar-refractivity contribution in [3.05, 3.63) is 0 Å². The van der Waals surface area contributed by atoms with Crippen molar-refractivity contribution >= 4 is 33.9 Å². The number of carboxylic acid groups (broad SMARTS) is 1. The van der Waals surface area contributed by atoms with Crippen LogP contribution in [0.4, 0.5) is 4.79 Å². The van der Waals surface area contributed by atoms with Crippen LogP contribution in [0.25, 0.3) is 0 Å². The molecule has 3 N–H and O–H groups in total. The van der Waals surface area contributed by atoms with E-state index in [1.54, 1.807) is 0 Å². The fraction of sp³-hybridized carbons (Fsp3) is 0.333. The number of carbonyl (C=O) groups excluding carboxylic acids is 1. The Labute approximate surface area is 64.9 Å². The topological polar surface area (TPSA) is 89.6 Å². The smallest absolute Gasteiger partial charge is 0.417 e. The van der Waals surface area contributed by atoms with Crippen LogP contribution in [0.2, 0.25) is 0 Å². The van der Waals surface area contributed by atoms with Crippen LogP contribution in [0.3, 0.4) is 0 Å². The summed E-state index contributed by atoms with van der Waals surface area (Å²) >= 11 is 0.651. The van der Waals surface area contributed by atoms with E-state index in [4.69, 9.17) is 5.11 Å². The van der Waals surface area contributed by atoms with Crippen LogP contribution in [-0.4, -0.2) is 22.9 Å². The number of nitrogens with two attached hydrogens (primary N) is 1. The second-order valence-electron chi connectivity index (χ2n) is 1.13. The fourth-order valence-electron chi connectivity index (χ4n) is 0.132. The van der Waals surface area contributed by atoms with Crippen molar-refractivity contribution in [1.29, 1.82) is 0 Å². The quantitative estimate of drug-likeness (QED) is 0.374. The molecule has 0 saturated carbocycles. The van der Waals surface area contributed by atoms with Crippen molar-refractivity contribution in [2.45, 2.75) is 0 Å². The van der Waals surface area contributed by atoms with Crippen molar-refractivity contribution in [2.24, 2.45) is 5.73 Å². The van der Waals surface area contributed by atoms with Gasteiger partial charge in [-0.05, 0) is 10.8 Å². The van der Waals surface area contributed by atoms with E-state index in [2.05, 4.69) is 9.92 Å². The number of rotatable bonds is 4. The van der Waals surface area contributed by atoms with E-state index >= 15 is 0 Å². The summed E-state index contributed by atoms with van der Waals surface area (Å²) in [6.45, 7) is 0. The van der Waals surface area contributed by atoms with Crippen LogP contribution in [0.1, 0.15) is 0 Å². The molecule has 0 atom stereocenters. The third-order valence-electron chi connectivity index (χ3n) is 0.347. The summed E-state index contributed by atoms with van der Waals surface area (Å²) < 4.78 is 4.15. The van der Waals surface area contributed by atoms with Gasteiger partial charge in [0.25, 0.3) is 0 Å². The van der Waals surface area contributed by atoms with Gasteiger partial charge < -0.3 is 15.0 Å². The van der Waals surface area contributed by atoms with Gasteiger partial charge in [-0.1, -0.05) is 0 Å². The Kier molecular flexibility index (Phi) is 4.95. The predicted molar refractivity (Wildman–Crippen MR) is 38.4 cm³/mol. The summed E-state index contributed by atoms with van der Waals surface area (Å²) in [5, 5.41) is 8.07. The number of carboxylic acids is 1. The molecule has 0 fully saturated rings. The molecule has 0 aromatic carbocycles. The van der Waals surface area contributed by atoms with E-state index in [0.717, 1.165) is 10.8 Å². The number of amides is 1. The zero-order chi connectivity index (χ0) is 7.98.